The van der Waals surface area contributed by atoms with E-state index in [-0.39, 0.29) is 5.38 Å². The fourth-order valence-electron chi connectivity index (χ4n) is 0.962. The van der Waals surface area contributed by atoms with E-state index in [9.17, 15) is 0 Å². The second kappa shape index (κ2) is 3.67. The van der Waals surface area contributed by atoms with E-state index in [4.69, 9.17) is 16.1 Å². The third-order valence-corrected chi connectivity index (χ3v) is 2.60. The minimum Gasteiger partial charge on any atom is -0.332 e. The van der Waals surface area contributed by atoms with E-state index in [2.05, 4.69) is 15.1 Å². The summed E-state index contributed by atoms with van der Waals surface area (Å²) < 4.78 is 5.02. The Hall–Kier alpha value is -0.940. The molecule has 4 nitrogen and oxygen atoms in total. The molecule has 0 radical (unpaired) electrons. The molecular formula is C8H8ClN3OS. The number of nitrogens with zero attached hydrogens (tertiary/aromatic N) is 3. The van der Waals surface area contributed by atoms with Gasteiger partial charge >= 0.3 is 0 Å². The highest BCUT2D eigenvalue weighted by atomic mass is 35.5. The first-order valence-electron chi connectivity index (χ1n) is 4.07. The number of aromatic nitrogens is 3. The van der Waals surface area contributed by atoms with Crippen molar-refractivity contribution in [3.63, 3.8) is 0 Å². The summed E-state index contributed by atoms with van der Waals surface area (Å²) in [5, 5.41) is 6.36. The van der Waals surface area contributed by atoms with Crippen LogP contribution >= 0.6 is 22.9 Å². The summed E-state index contributed by atoms with van der Waals surface area (Å²) in [4.78, 5) is 8.36. The molecule has 1 unspecified atom stereocenters. The van der Waals surface area contributed by atoms with E-state index in [0.29, 0.717) is 17.4 Å². The Bertz CT molecular complexity index is 437. The first-order chi connectivity index (χ1) is 6.66. The molecule has 0 saturated carbocycles. The molecule has 0 aliphatic heterocycles. The van der Waals surface area contributed by atoms with Crippen LogP contribution in [0, 0.1) is 6.92 Å². The molecule has 0 aliphatic carbocycles. The predicted octanol–water partition coefficient (Wildman–Crippen LogP) is 2.80. The van der Waals surface area contributed by atoms with E-state index in [1.165, 1.54) is 0 Å². The molecule has 0 spiro atoms. The largest absolute Gasteiger partial charge is 0.332 e. The van der Waals surface area contributed by atoms with Gasteiger partial charge in [0, 0.05) is 5.38 Å². The van der Waals surface area contributed by atoms with E-state index in [1.807, 2.05) is 12.3 Å². The normalized spacial score (nSPS) is 13.1. The molecule has 0 bridgehead atoms. The topological polar surface area (TPSA) is 51.8 Å². The van der Waals surface area contributed by atoms with Crippen LogP contribution in [-0.4, -0.2) is 15.1 Å². The smallest absolute Gasteiger partial charge is 0.277 e. The molecule has 0 amide bonds. The Labute approximate surface area is 89.9 Å². The SMILES string of the molecule is Cc1nc(-c2nc(C(C)Cl)no2)cs1. The van der Waals surface area contributed by atoms with Gasteiger partial charge in [0.2, 0.25) is 0 Å². The number of hydrogen-bond acceptors (Lipinski definition) is 5. The maximum absolute atomic E-state index is 5.81. The molecule has 2 aromatic heterocycles. The van der Waals surface area contributed by atoms with Crippen LogP contribution in [0.2, 0.25) is 0 Å². The fraction of sp³-hybridized carbons (Fsp3) is 0.375. The van der Waals surface area contributed by atoms with Crippen molar-refractivity contribution in [3.8, 4) is 11.6 Å². The Balaban J connectivity index is 2.33. The number of halogens is 1. The van der Waals surface area contributed by atoms with Crippen LogP contribution in [0.15, 0.2) is 9.90 Å². The van der Waals surface area contributed by atoms with E-state index in [0.717, 1.165) is 5.01 Å². The van der Waals surface area contributed by atoms with Gasteiger partial charge in [-0.15, -0.1) is 22.9 Å². The standard InChI is InChI=1S/C8H8ClN3OS/c1-4(9)7-11-8(13-12-7)6-3-14-5(2)10-6/h3-4H,1-2H3. The minimum atomic E-state index is -0.243. The zero-order valence-corrected chi connectivity index (χ0v) is 9.26. The molecule has 6 heteroatoms. The lowest BCUT2D eigenvalue weighted by Crippen LogP contribution is -1.86. The molecule has 2 aromatic rings. The summed E-state index contributed by atoms with van der Waals surface area (Å²) in [6.45, 7) is 3.72. The molecule has 0 saturated heterocycles. The number of thiazole rings is 1. The lowest BCUT2D eigenvalue weighted by molar-refractivity contribution is 0.421. The van der Waals surface area contributed by atoms with E-state index >= 15 is 0 Å². The Morgan fingerprint density at radius 3 is 2.79 bits per heavy atom. The fourth-order valence-corrected chi connectivity index (χ4v) is 1.64. The second-order valence-electron chi connectivity index (χ2n) is 2.83. The highest BCUT2D eigenvalue weighted by Crippen LogP contribution is 2.22. The van der Waals surface area contributed by atoms with Gasteiger partial charge in [-0.2, -0.15) is 4.98 Å². The van der Waals surface area contributed by atoms with Gasteiger partial charge in [-0.25, -0.2) is 4.98 Å². The van der Waals surface area contributed by atoms with Crippen molar-refractivity contribution in [2.24, 2.45) is 0 Å². The highest BCUT2D eigenvalue weighted by Gasteiger charge is 2.14. The van der Waals surface area contributed by atoms with Crippen LogP contribution in [-0.2, 0) is 0 Å². The monoisotopic (exact) mass is 229 g/mol. The van der Waals surface area contributed by atoms with E-state index in [1.54, 1.807) is 18.3 Å². The summed E-state index contributed by atoms with van der Waals surface area (Å²) in [5.41, 5.74) is 0.712. The quantitative estimate of drug-likeness (QED) is 0.743. The molecule has 14 heavy (non-hydrogen) atoms. The first-order valence-corrected chi connectivity index (χ1v) is 5.38. The van der Waals surface area contributed by atoms with Crippen LogP contribution in [0.1, 0.15) is 23.1 Å². The first kappa shape index (κ1) is 9.61. The summed E-state index contributed by atoms with van der Waals surface area (Å²) in [6.07, 6.45) is 0. The van der Waals surface area contributed by atoms with Gasteiger partial charge in [0.25, 0.3) is 5.89 Å². The van der Waals surface area contributed by atoms with Crippen molar-refractivity contribution < 1.29 is 4.52 Å². The van der Waals surface area contributed by atoms with Gasteiger partial charge in [-0.1, -0.05) is 5.16 Å². The summed E-state index contributed by atoms with van der Waals surface area (Å²) >= 11 is 7.35. The molecule has 0 N–H and O–H groups in total. The van der Waals surface area contributed by atoms with Crippen LogP contribution in [0.25, 0.3) is 11.6 Å². The average Bonchev–Trinajstić information content (AvgIpc) is 2.70. The van der Waals surface area contributed by atoms with Crippen molar-refractivity contribution in [2.45, 2.75) is 19.2 Å². The Morgan fingerprint density at radius 2 is 2.29 bits per heavy atom. The van der Waals surface area contributed by atoms with Gasteiger partial charge < -0.3 is 4.52 Å². The Morgan fingerprint density at radius 1 is 1.50 bits per heavy atom. The lowest BCUT2D eigenvalue weighted by atomic mass is 10.4. The van der Waals surface area contributed by atoms with Gasteiger partial charge in [-0.05, 0) is 13.8 Å². The van der Waals surface area contributed by atoms with Crippen LogP contribution in [0.5, 0.6) is 0 Å². The van der Waals surface area contributed by atoms with Crippen molar-refractivity contribution in [1.82, 2.24) is 15.1 Å². The van der Waals surface area contributed by atoms with Crippen molar-refractivity contribution in [3.05, 3.63) is 16.2 Å². The van der Waals surface area contributed by atoms with Gasteiger partial charge in [-0.3, -0.25) is 0 Å². The molecule has 1 atom stereocenters. The zero-order chi connectivity index (χ0) is 10.1. The second-order valence-corrected chi connectivity index (χ2v) is 4.54. The number of aryl methyl sites for hydroxylation is 1. The van der Waals surface area contributed by atoms with Gasteiger partial charge in [0.15, 0.2) is 5.82 Å². The number of alkyl halides is 1. The van der Waals surface area contributed by atoms with Gasteiger partial charge in [0.1, 0.15) is 5.69 Å². The summed E-state index contributed by atoms with van der Waals surface area (Å²) in [7, 11) is 0. The van der Waals surface area contributed by atoms with Crippen molar-refractivity contribution in [2.75, 3.05) is 0 Å². The molecule has 0 aliphatic rings. The third kappa shape index (κ3) is 1.78. The molecule has 0 aromatic carbocycles. The van der Waals surface area contributed by atoms with Gasteiger partial charge in [0.05, 0.1) is 10.4 Å². The summed E-state index contributed by atoms with van der Waals surface area (Å²) in [5.74, 6) is 0.921. The molecule has 0 fully saturated rings. The maximum atomic E-state index is 5.81. The predicted molar refractivity (Wildman–Crippen MR) is 54.4 cm³/mol. The number of rotatable bonds is 2. The molecule has 74 valence electrons. The number of hydrogen-bond donors (Lipinski definition) is 0. The Kier molecular flexibility index (Phi) is 2.52. The van der Waals surface area contributed by atoms with E-state index < -0.39 is 0 Å². The lowest BCUT2D eigenvalue weighted by Gasteiger charge is -1.89. The maximum Gasteiger partial charge on any atom is 0.277 e. The zero-order valence-electron chi connectivity index (χ0n) is 7.69. The average molecular weight is 230 g/mol. The van der Waals surface area contributed by atoms with Crippen LogP contribution < -0.4 is 0 Å². The minimum absolute atomic E-state index is 0.243. The van der Waals surface area contributed by atoms with Crippen LogP contribution in [0.3, 0.4) is 0 Å². The van der Waals surface area contributed by atoms with Crippen molar-refractivity contribution in [1.29, 1.82) is 0 Å². The molecule has 2 heterocycles. The molecular weight excluding hydrogens is 222 g/mol. The highest BCUT2D eigenvalue weighted by molar-refractivity contribution is 7.09. The molecule has 2 rings (SSSR count). The third-order valence-electron chi connectivity index (χ3n) is 1.64. The van der Waals surface area contributed by atoms with Crippen molar-refractivity contribution >= 4 is 22.9 Å². The van der Waals surface area contributed by atoms with Crippen LogP contribution in [0.4, 0.5) is 0 Å². The summed E-state index contributed by atoms with van der Waals surface area (Å²) in [6, 6.07) is 0.